The minimum atomic E-state index is -0.540. The summed E-state index contributed by atoms with van der Waals surface area (Å²) in [6.45, 7) is 1.44. The summed E-state index contributed by atoms with van der Waals surface area (Å²) in [5.74, 6) is 0. The lowest BCUT2D eigenvalue weighted by molar-refractivity contribution is 0.0841. The van der Waals surface area contributed by atoms with E-state index in [4.69, 9.17) is 10.00 Å². The van der Waals surface area contributed by atoms with Gasteiger partial charge in [0.15, 0.2) is 5.65 Å². The van der Waals surface area contributed by atoms with Gasteiger partial charge in [-0.25, -0.2) is 14.8 Å². The summed E-state index contributed by atoms with van der Waals surface area (Å²) in [6, 6.07) is 3.81. The summed E-state index contributed by atoms with van der Waals surface area (Å²) >= 11 is 0. The zero-order valence-corrected chi connectivity index (χ0v) is 14.0. The Kier molecular flexibility index (Phi) is 4.23. The second kappa shape index (κ2) is 6.84. The molecule has 0 saturated carbocycles. The second-order valence-corrected chi connectivity index (χ2v) is 6.09. The number of alkyl carbamates (subject to hydrolysis) is 1. The highest BCUT2D eigenvalue weighted by atomic mass is 16.6. The molecule has 3 aromatic heterocycles. The number of piperidine rings is 1. The number of fused-ring (bicyclic) bond motifs is 3. The van der Waals surface area contributed by atoms with Crippen LogP contribution < -0.4 is 10.2 Å². The molecule has 4 rings (SSSR count). The van der Waals surface area contributed by atoms with E-state index in [1.54, 1.807) is 12.4 Å². The molecule has 1 fully saturated rings. The van der Waals surface area contributed by atoms with Crippen molar-refractivity contribution >= 4 is 33.7 Å². The van der Waals surface area contributed by atoms with Crippen molar-refractivity contribution in [3.05, 3.63) is 24.7 Å². The molecule has 1 amide bonds. The number of pyridine rings is 1. The standard InChI is InChI=1S/C17H17N7O2/c18-4-6-20-17(25)26-11-2-7-24(8-3-11)14-10-22-23-13-9-21-16-12(15(13)14)1-5-19-16/h1,5,9-11,23H,2-3,6-8H2,(H,20,25). The zero-order valence-electron chi connectivity index (χ0n) is 14.0. The first-order valence-corrected chi connectivity index (χ1v) is 8.39. The molecule has 2 N–H and O–H groups in total. The largest absolute Gasteiger partial charge is 0.446 e. The third kappa shape index (κ3) is 2.97. The molecule has 132 valence electrons. The number of carbonyl (C=O) groups excluding carboxylic acids is 1. The van der Waals surface area contributed by atoms with Crippen LogP contribution in [0, 0.1) is 11.3 Å². The Bertz CT molecular complexity index is 986. The number of carbonyl (C=O) groups is 1. The number of H-pyrrole nitrogens is 1. The fraction of sp³-hybridized carbons (Fsp3) is 0.353. The van der Waals surface area contributed by atoms with Crippen molar-refractivity contribution in [3.8, 4) is 6.07 Å². The summed E-state index contributed by atoms with van der Waals surface area (Å²) < 4.78 is 5.35. The highest BCUT2D eigenvalue weighted by molar-refractivity contribution is 6.09. The zero-order chi connectivity index (χ0) is 17.9. The number of nitriles is 1. The lowest BCUT2D eigenvalue weighted by Crippen LogP contribution is -2.39. The summed E-state index contributed by atoms with van der Waals surface area (Å²) in [5, 5.41) is 20.1. The molecule has 9 nitrogen and oxygen atoms in total. The van der Waals surface area contributed by atoms with Crippen LogP contribution in [0.1, 0.15) is 12.8 Å². The summed E-state index contributed by atoms with van der Waals surface area (Å²) in [4.78, 5) is 22.4. The Morgan fingerprint density at radius 3 is 3.04 bits per heavy atom. The average Bonchev–Trinajstić information content (AvgIpc) is 3.15. The van der Waals surface area contributed by atoms with Crippen LogP contribution in [0.15, 0.2) is 24.7 Å². The van der Waals surface area contributed by atoms with E-state index in [1.165, 1.54) is 0 Å². The van der Waals surface area contributed by atoms with Crippen molar-refractivity contribution in [1.82, 2.24) is 25.5 Å². The van der Waals surface area contributed by atoms with Crippen LogP contribution in [0.25, 0.3) is 21.9 Å². The molecule has 0 spiro atoms. The maximum absolute atomic E-state index is 11.6. The van der Waals surface area contributed by atoms with Crippen LogP contribution in [0.5, 0.6) is 0 Å². The summed E-state index contributed by atoms with van der Waals surface area (Å²) in [5.41, 5.74) is 2.59. The Labute approximate surface area is 149 Å². The van der Waals surface area contributed by atoms with Crippen LogP contribution in [0.2, 0.25) is 0 Å². The predicted octanol–water partition coefficient (Wildman–Crippen LogP) is 1.72. The molecule has 1 aliphatic rings. The highest BCUT2D eigenvalue weighted by Gasteiger charge is 2.24. The molecule has 26 heavy (non-hydrogen) atoms. The van der Waals surface area contributed by atoms with Crippen LogP contribution in [0.3, 0.4) is 0 Å². The molecule has 0 aromatic carbocycles. The first-order valence-electron chi connectivity index (χ1n) is 8.39. The van der Waals surface area contributed by atoms with E-state index in [9.17, 15) is 4.79 Å². The number of nitrogens with zero attached hydrogens (tertiary/aromatic N) is 5. The van der Waals surface area contributed by atoms with E-state index in [0.717, 1.165) is 35.1 Å². The van der Waals surface area contributed by atoms with Gasteiger partial charge in [-0.15, -0.1) is 0 Å². The first kappa shape index (κ1) is 16.1. The Morgan fingerprint density at radius 1 is 1.38 bits per heavy atom. The Hall–Kier alpha value is -3.41. The van der Waals surface area contributed by atoms with Gasteiger partial charge in [0, 0.05) is 42.9 Å². The highest BCUT2D eigenvalue weighted by Crippen LogP contribution is 2.32. The maximum atomic E-state index is 11.6. The smallest absolute Gasteiger partial charge is 0.408 e. The normalized spacial score (nSPS) is 15.1. The second-order valence-electron chi connectivity index (χ2n) is 6.09. The van der Waals surface area contributed by atoms with Gasteiger partial charge >= 0.3 is 6.09 Å². The quantitative estimate of drug-likeness (QED) is 0.689. The third-order valence-corrected chi connectivity index (χ3v) is 4.53. The molecule has 0 atom stereocenters. The van der Waals surface area contributed by atoms with Crippen molar-refractivity contribution in [2.75, 3.05) is 24.5 Å². The molecule has 1 saturated heterocycles. The number of aromatic amines is 1. The molecule has 4 heterocycles. The van der Waals surface area contributed by atoms with Gasteiger partial charge < -0.3 is 15.0 Å². The van der Waals surface area contributed by atoms with Gasteiger partial charge in [-0.1, -0.05) is 0 Å². The molecular weight excluding hydrogens is 334 g/mol. The van der Waals surface area contributed by atoms with Gasteiger partial charge in [-0.05, 0) is 6.07 Å². The van der Waals surface area contributed by atoms with Gasteiger partial charge in [-0.2, -0.15) is 10.4 Å². The van der Waals surface area contributed by atoms with Crippen molar-refractivity contribution in [2.45, 2.75) is 18.9 Å². The summed E-state index contributed by atoms with van der Waals surface area (Å²) in [7, 11) is 0. The van der Waals surface area contributed by atoms with E-state index >= 15 is 0 Å². The number of amides is 1. The van der Waals surface area contributed by atoms with E-state index < -0.39 is 6.09 Å². The molecule has 0 radical (unpaired) electrons. The predicted molar refractivity (Wildman–Crippen MR) is 94.5 cm³/mol. The number of nitrogens with one attached hydrogen (secondary N) is 2. The molecule has 0 unspecified atom stereocenters. The Balaban J connectivity index is 1.52. The van der Waals surface area contributed by atoms with Crippen LogP contribution in [-0.4, -0.2) is 52.0 Å². The topological polar surface area (TPSA) is 120 Å². The van der Waals surface area contributed by atoms with Gasteiger partial charge in [0.2, 0.25) is 0 Å². The van der Waals surface area contributed by atoms with Crippen molar-refractivity contribution in [2.24, 2.45) is 0 Å². The molecule has 9 heteroatoms. The number of rotatable bonds is 3. The molecular formula is C17H17N7O2. The average molecular weight is 351 g/mol. The van der Waals surface area contributed by atoms with E-state index in [-0.39, 0.29) is 12.6 Å². The molecule has 0 aliphatic carbocycles. The maximum Gasteiger partial charge on any atom is 0.408 e. The molecule has 1 aliphatic heterocycles. The van der Waals surface area contributed by atoms with Gasteiger partial charge in [0.1, 0.15) is 12.6 Å². The molecule has 0 bridgehead atoms. The molecule has 3 aromatic rings. The first-order chi connectivity index (χ1) is 12.8. The lowest BCUT2D eigenvalue weighted by atomic mass is 10.1. The minimum absolute atomic E-state index is 0.0480. The Morgan fingerprint density at radius 2 is 2.23 bits per heavy atom. The van der Waals surface area contributed by atoms with Gasteiger partial charge in [-0.3, -0.25) is 5.10 Å². The monoisotopic (exact) mass is 351 g/mol. The number of anilines is 1. The van der Waals surface area contributed by atoms with Crippen molar-refractivity contribution in [3.63, 3.8) is 0 Å². The van der Waals surface area contributed by atoms with E-state index in [0.29, 0.717) is 18.5 Å². The SMILES string of the molecule is N#CCNC(=O)OC1CCN(c2cn[nH]c3cnc4nccc4c23)CC1. The lowest BCUT2D eigenvalue weighted by Gasteiger charge is -2.33. The number of hydrogen-bond donors (Lipinski definition) is 2. The fourth-order valence-corrected chi connectivity index (χ4v) is 3.31. The van der Waals surface area contributed by atoms with E-state index in [2.05, 4.69) is 30.4 Å². The third-order valence-electron chi connectivity index (χ3n) is 4.53. The van der Waals surface area contributed by atoms with E-state index in [1.807, 2.05) is 18.3 Å². The fourth-order valence-electron chi connectivity index (χ4n) is 3.31. The van der Waals surface area contributed by atoms with Gasteiger partial charge in [0.25, 0.3) is 0 Å². The van der Waals surface area contributed by atoms with Crippen LogP contribution >= 0.6 is 0 Å². The van der Waals surface area contributed by atoms with Crippen LogP contribution in [0.4, 0.5) is 10.5 Å². The van der Waals surface area contributed by atoms with Gasteiger partial charge in [0.05, 0.1) is 29.7 Å². The van der Waals surface area contributed by atoms with Crippen LogP contribution in [-0.2, 0) is 4.74 Å². The number of hydrogen-bond acceptors (Lipinski definition) is 7. The number of aromatic nitrogens is 4. The van der Waals surface area contributed by atoms with Crippen molar-refractivity contribution in [1.29, 1.82) is 5.26 Å². The number of ether oxygens (including phenoxy) is 1. The summed E-state index contributed by atoms with van der Waals surface area (Å²) in [6.07, 6.45) is 6.05. The van der Waals surface area contributed by atoms with Crippen molar-refractivity contribution < 1.29 is 9.53 Å². The minimum Gasteiger partial charge on any atom is -0.446 e.